The fourth-order valence-corrected chi connectivity index (χ4v) is 4.78. The predicted octanol–water partition coefficient (Wildman–Crippen LogP) is 5.04. The van der Waals surface area contributed by atoms with Crippen LogP contribution in [-0.2, 0) is 18.4 Å². The lowest BCUT2D eigenvalue weighted by Gasteiger charge is -2.39. The molecule has 0 saturated carbocycles. The zero-order valence-corrected chi connectivity index (χ0v) is 19.0. The summed E-state index contributed by atoms with van der Waals surface area (Å²) in [4.78, 5) is 6.55. The molecule has 0 saturated heterocycles. The molecule has 170 valence electrons. The van der Waals surface area contributed by atoms with Crippen LogP contribution >= 0.6 is 0 Å². The summed E-state index contributed by atoms with van der Waals surface area (Å²) in [7, 11) is 3.90. The van der Waals surface area contributed by atoms with Gasteiger partial charge in [0.2, 0.25) is 5.89 Å². The quantitative estimate of drug-likeness (QED) is 0.511. The monoisotopic (exact) mass is 441 g/mol. The minimum Gasteiger partial charge on any atom is -0.338 e. The molecule has 4 rings (SSSR count). The van der Waals surface area contributed by atoms with Crippen molar-refractivity contribution in [1.82, 2.24) is 25.2 Å². The molecular formula is C24H29F2N5O. The average Bonchev–Trinajstić information content (AvgIpc) is 3.19. The Balaban J connectivity index is 1.75. The third-order valence-corrected chi connectivity index (χ3v) is 6.58. The van der Waals surface area contributed by atoms with Gasteiger partial charge in [0, 0.05) is 11.8 Å². The molecule has 1 aliphatic rings. The molecule has 0 N–H and O–H groups in total. The van der Waals surface area contributed by atoms with Crippen LogP contribution in [0.3, 0.4) is 0 Å². The second-order valence-corrected chi connectivity index (χ2v) is 8.93. The molecule has 1 aliphatic carbocycles. The Morgan fingerprint density at radius 2 is 1.91 bits per heavy atom. The molecule has 0 spiro atoms. The molecule has 2 heterocycles. The summed E-state index contributed by atoms with van der Waals surface area (Å²) in [5, 5.41) is 13.1. The highest BCUT2D eigenvalue weighted by Crippen LogP contribution is 2.47. The van der Waals surface area contributed by atoms with E-state index in [1.807, 2.05) is 25.1 Å². The van der Waals surface area contributed by atoms with E-state index < -0.39 is 11.6 Å². The van der Waals surface area contributed by atoms with Crippen molar-refractivity contribution in [3.05, 3.63) is 58.9 Å². The van der Waals surface area contributed by atoms with Crippen LogP contribution in [0.5, 0.6) is 0 Å². The number of nitrogens with zero attached hydrogens (tertiary/aromatic N) is 5. The van der Waals surface area contributed by atoms with E-state index in [9.17, 15) is 8.78 Å². The summed E-state index contributed by atoms with van der Waals surface area (Å²) in [6, 6.07) is 5.67. The van der Waals surface area contributed by atoms with E-state index in [1.165, 1.54) is 18.2 Å². The van der Waals surface area contributed by atoms with Crippen molar-refractivity contribution in [3.63, 3.8) is 0 Å². The summed E-state index contributed by atoms with van der Waals surface area (Å²) < 4.78 is 34.2. The zero-order valence-electron chi connectivity index (χ0n) is 19.0. The molecular weight excluding hydrogens is 412 g/mol. The van der Waals surface area contributed by atoms with Crippen molar-refractivity contribution < 1.29 is 13.3 Å². The van der Waals surface area contributed by atoms with Gasteiger partial charge in [-0.2, -0.15) is 15.2 Å². The number of halogens is 2. The first-order valence-corrected chi connectivity index (χ1v) is 11.2. The lowest BCUT2D eigenvalue weighted by molar-refractivity contribution is 0.287. The standard InChI is InChI=1S/C24H29F2N5O/c1-5-15-10-11-24(6-2,13-20-27-21(32-30-20)14-31(3)4)23-16(15)12-19(28-29-23)22-17(25)8-7-9-18(22)26/h7-9,12,15H,5-6,10-11,13-14H2,1-4H3/t15-,24+/m0/s1. The number of rotatable bonds is 7. The van der Waals surface area contributed by atoms with Crippen LogP contribution in [0.15, 0.2) is 28.8 Å². The third kappa shape index (κ3) is 4.16. The highest BCUT2D eigenvalue weighted by Gasteiger charge is 2.41. The normalized spacial score (nSPS) is 20.5. The van der Waals surface area contributed by atoms with Crippen LogP contribution in [0.4, 0.5) is 8.78 Å². The van der Waals surface area contributed by atoms with Gasteiger partial charge in [-0.3, -0.25) is 0 Å². The minimum atomic E-state index is -0.634. The number of hydrogen-bond donors (Lipinski definition) is 0. The Hall–Kier alpha value is -2.74. The largest absolute Gasteiger partial charge is 0.338 e. The maximum atomic E-state index is 14.4. The lowest BCUT2D eigenvalue weighted by Crippen LogP contribution is -2.36. The molecule has 8 heteroatoms. The van der Waals surface area contributed by atoms with Gasteiger partial charge < -0.3 is 9.42 Å². The van der Waals surface area contributed by atoms with E-state index in [0.29, 0.717) is 24.7 Å². The van der Waals surface area contributed by atoms with Crippen molar-refractivity contribution in [2.24, 2.45) is 0 Å². The minimum absolute atomic E-state index is 0.128. The van der Waals surface area contributed by atoms with E-state index in [-0.39, 0.29) is 22.6 Å². The maximum absolute atomic E-state index is 14.4. The van der Waals surface area contributed by atoms with Crippen molar-refractivity contribution in [3.8, 4) is 11.3 Å². The topological polar surface area (TPSA) is 67.9 Å². The molecule has 2 aromatic heterocycles. The van der Waals surface area contributed by atoms with Crippen molar-refractivity contribution in [2.45, 2.75) is 63.8 Å². The van der Waals surface area contributed by atoms with Crippen LogP contribution in [0.25, 0.3) is 11.3 Å². The van der Waals surface area contributed by atoms with E-state index in [2.05, 4.69) is 34.2 Å². The Kier molecular flexibility index (Phi) is 6.33. The molecule has 1 aromatic carbocycles. The molecule has 0 unspecified atom stereocenters. The van der Waals surface area contributed by atoms with Gasteiger partial charge in [0.1, 0.15) is 11.6 Å². The fourth-order valence-electron chi connectivity index (χ4n) is 4.78. The summed E-state index contributed by atoms with van der Waals surface area (Å²) >= 11 is 0. The van der Waals surface area contributed by atoms with Crippen LogP contribution in [0.1, 0.15) is 68.4 Å². The molecule has 2 atom stereocenters. The van der Waals surface area contributed by atoms with Crippen LogP contribution in [-0.4, -0.2) is 39.3 Å². The highest BCUT2D eigenvalue weighted by molar-refractivity contribution is 5.62. The van der Waals surface area contributed by atoms with Crippen molar-refractivity contribution in [1.29, 1.82) is 0 Å². The Labute approximate surface area is 187 Å². The van der Waals surface area contributed by atoms with E-state index in [4.69, 9.17) is 4.52 Å². The van der Waals surface area contributed by atoms with E-state index >= 15 is 0 Å². The molecule has 0 radical (unpaired) electrons. The van der Waals surface area contributed by atoms with Crippen LogP contribution in [0.2, 0.25) is 0 Å². The Bertz CT molecular complexity index is 1080. The maximum Gasteiger partial charge on any atom is 0.240 e. The molecule has 32 heavy (non-hydrogen) atoms. The summed E-state index contributed by atoms with van der Waals surface area (Å²) in [6.07, 6.45) is 4.23. The predicted molar refractivity (Wildman–Crippen MR) is 117 cm³/mol. The number of fused-ring (bicyclic) bond motifs is 1. The van der Waals surface area contributed by atoms with Gasteiger partial charge in [-0.1, -0.05) is 25.1 Å². The summed E-state index contributed by atoms with van der Waals surface area (Å²) in [5.41, 5.74) is 1.72. The second-order valence-electron chi connectivity index (χ2n) is 8.93. The molecule has 0 fully saturated rings. The van der Waals surface area contributed by atoms with E-state index in [0.717, 1.165) is 36.9 Å². The lowest BCUT2D eigenvalue weighted by atomic mass is 9.65. The second kappa shape index (κ2) is 9.02. The van der Waals surface area contributed by atoms with Crippen LogP contribution in [0, 0.1) is 11.6 Å². The first kappa shape index (κ1) is 22.5. The van der Waals surface area contributed by atoms with Crippen molar-refractivity contribution in [2.75, 3.05) is 14.1 Å². The summed E-state index contributed by atoms with van der Waals surface area (Å²) in [5.74, 6) is 0.226. The van der Waals surface area contributed by atoms with Gasteiger partial charge in [0.05, 0.1) is 23.5 Å². The van der Waals surface area contributed by atoms with E-state index in [1.54, 1.807) is 0 Å². The van der Waals surface area contributed by atoms with Gasteiger partial charge in [-0.25, -0.2) is 8.78 Å². The first-order chi connectivity index (χ1) is 15.4. The average molecular weight is 442 g/mol. The van der Waals surface area contributed by atoms with Gasteiger partial charge in [0.25, 0.3) is 0 Å². The SMILES string of the molecule is CC[C@H]1CC[C@](CC)(Cc2noc(CN(C)C)n2)c2nnc(-c3c(F)cccc3F)cc21. The number of hydrogen-bond acceptors (Lipinski definition) is 6. The smallest absolute Gasteiger partial charge is 0.240 e. The van der Waals surface area contributed by atoms with Crippen LogP contribution < -0.4 is 0 Å². The molecule has 0 bridgehead atoms. The fraction of sp³-hybridized carbons (Fsp3) is 0.500. The highest BCUT2D eigenvalue weighted by atomic mass is 19.1. The molecule has 0 amide bonds. The third-order valence-electron chi connectivity index (χ3n) is 6.58. The molecule has 3 aromatic rings. The number of aromatic nitrogens is 4. The Morgan fingerprint density at radius 1 is 1.16 bits per heavy atom. The molecule has 0 aliphatic heterocycles. The van der Waals surface area contributed by atoms with Gasteiger partial charge >= 0.3 is 0 Å². The van der Waals surface area contributed by atoms with Gasteiger partial charge in [-0.15, -0.1) is 0 Å². The Morgan fingerprint density at radius 3 is 2.56 bits per heavy atom. The van der Waals surface area contributed by atoms with Gasteiger partial charge in [0.15, 0.2) is 5.82 Å². The first-order valence-electron chi connectivity index (χ1n) is 11.2. The molecule has 6 nitrogen and oxygen atoms in total. The number of benzene rings is 1. The van der Waals surface area contributed by atoms with Crippen molar-refractivity contribution >= 4 is 0 Å². The zero-order chi connectivity index (χ0) is 22.9. The van der Waals surface area contributed by atoms with Gasteiger partial charge in [-0.05, 0) is 69.5 Å². The summed E-state index contributed by atoms with van der Waals surface area (Å²) in [6.45, 7) is 4.84.